The molecular weight excluding hydrogens is 228 g/mol. The first-order valence-corrected chi connectivity index (χ1v) is 5.88. The second-order valence-electron chi connectivity index (χ2n) is 4.61. The van der Waals surface area contributed by atoms with Gasteiger partial charge in [0.25, 0.3) is 0 Å². The van der Waals surface area contributed by atoms with Gasteiger partial charge >= 0.3 is 0 Å². The van der Waals surface area contributed by atoms with Gasteiger partial charge in [-0.3, -0.25) is 4.68 Å². The van der Waals surface area contributed by atoms with Gasteiger partial charge in [0.2, 0.25) is 0 Å². The fourth-order valence-corrected chi connectivity index (χ4v) is 1.56. The maximum absolute atomic E-state index is 5.77. The standard InChI is InChI=1S/C12H18N6/c1-7(2)12-14-9(13)6-10(16-12)15-11-5-8(3)18(4)17-11/h5-7H,1-4H3,(H3,13,14,15,16,17). The third-order valence-corrected chi connectivity index (χ3v) is 2.65. The van der Waals surface area contributed by atoms with Crippen molar-refractivity contribution in [2.45, 2.75) is 26.7 Å². The lowest BCUT2D eigenvalue weighted by Gasteiger charge is -2.08. The van der Waals surface area contributed by atoms with Gasteiger partial charge in [-0.1, -0.05) is 13.8 Å². The van der Waals surface area contributed by atoms with E-state index < -0.39 is 0 Å². The van der Waals surface area contributed by atoms with E-state index in [9.17, 15) is 0 Å². The van der Waals surface area contributed by atoms with Crippen molar-refractivity contribution in [1.29, 1.82) is 0 Å². The molecule has 2 aromatic heterocycles. The maximum Gasteiger partial charge on any atom is 0.153 e. The molecule has 6 nitrogen and oxygen atoms in total. The summed E-state index contributed by atoms with van der Waals surface area (Å²) in [6.45, 7) is 6.05. The van der Waals surface area contributed by atoms with Crippen LogP contribution in [0.5, 0.6) is 0 Å². The van der Waals surface area contributed by atoms with Crippen LogP contribution in [0.25, 0.3) is 0 Å². The molecule has 0 amide bonds. The molecule has 0 aliphatic rings. The summed E-state index contributed by atoms with van der Waals surface area (Å²) in [4.78, 5) is 8.61. The van der Waals surface area contributed by atoms with E-state index in [-0.39, 0.29) is 5.92 Å². The average Bonchev–Trinajstić information content (AvgIpc) is 2.56. The molecule has 0 bridgehead atoms. The highest BCUT2D eigenvalue weighted by Gasteiger charge is 2.08. The van der Waals surface area contributed by atoms with Crippen LogP contribution in [-0.2, 0) is 7.05 Å². The minimum atomic E-state index is 0.236. The van der Waals surface area contributed by atoms with E-state index in [0.29, 0.717) is 11.6 Å². The Morgan fingerprint density at radius 2 is 1.94 bits per heavy atom. The number of hydrogen-bond acceptors (Lipinski definition) is 5. The van der Waals surface area contributed by atoms with Crippen molar-refractivity contribution < 1.29 is 0 Å². The van der Waals surface area contributed by atoms with Gasteiger partial charge in [-0.25, -0.2) is 9.97 Å². The SMILES string of the molecule is Cc1cc(Nc2cc(N)nc(C(C)C)n2)nn1C. The smallest absolute Gasteiger partial charge is 0.153 e. The van der Waals surface area contributed by atoms with Gasteiger partial charge in [0.05, 0.1) is 0 Å². The molecule has 2 aromatic rings. The van der Waals surface area contributed by atoms with E-state index in [2.05, 4.69) is 20.4 Å². The Labute approximate surface area is 106 Å². The summed E-state index contributed by atoms with van der Waals surface area (Å²) in [6, 6.07) is 3.66. The summed E-state index contributed by atoms with van der Waals surface area (Å²) in [6.07, 6.45) is 0. The zero-order valence-corrected chi connectivity index (χ0v) is 11.1. The van der Waals surface area contributed by atoms with Crippen molar-refractivity contribution in [1.82, 2.24) is 19.7 Å². The summed E-state index contributed by atoms with van der Waals surface area (Å²) in [7, 11) is 1.90. The van der Waals surface area contributed by atoms with Crippen molar-refractivity contribution in [2.24, 2.45) is 7.05 Å². The summed E-state index contributed by atoms with van der Waals surface area (Å²) >= 11 is 0. The summed E-state index contributed by atoms with van der Waals surface area (Å²) in [5.41, 5.74) is 6.84. The molecule has 96 valence electrons. The number of nitrogen functional groups attached to an aromatic ring is 1. The lowest BCUT2D eigenvalue weighted by atomic mass is 10.2. The second-order valence-corrected chi connectivity index (χ2v) is 4.61. The number of nitrogens with one attached hydrogen (secondary N) is 1. The molecule has 0 aromatic carbocycles. The number of aromatic nitrogens is 4. The molecule has 2 heterocycles. The lowest BCUT2D eigenvalue weighted by molar-refractivity contribution is 0.742. The fraction of sp³-hybridized carbons (Fsp3) is 0.417. The number of aryl methyl sites for hydroxylation is 2. The van der Waals surface area contributed by atoms with Gasteiger partial charge in [-0.2, -0.15) is 5.10 Å². The summed E-state index contributed by atoms with van der Waals surface area (Å²) in [5.74, 6) is 2.85. The first-order chi connectivity index (χ1) is 8.45. The van der Waals surface area contributed by atoms with Crippen LogP contribution in [0, 0.1) is 6.92 Å². The quantitative estimate of drug-likeness (QED) is 0.865. The zero-order chi connectivity index (χ0) is 13.3. The summed E-state index contributed by atoms with van der Waals surface area (Å²) < 4.78 is 1.80. The topological polar surface area (TPSA) is 81.7 Å². The van der Waals surface area contributed by atoms with Crippen LogP contribution in [0.15, 0.2) is 12.1 Å². The number of anilines is 3. The predicted octanol–water partition coefficient (Wildman–Crippen LogP) is 1.97. The number of rotatable bonds is 3. The van der Waals surface area contributed by atoms with E-state index in [1.807, 2.05) is 33.9 Å². The molecule has 2 rings (SSSR count). The second kappa shape index (κ2) is 4.64. The molecular formula is C12H18N6. The van der Waals surface area contributed by atoms with Crippen molar-refractivity contribution in [3.8, 4) is 0 Å². The predicted molar refractivity (Wildman–Crippen MR) is 71.8 cm³/mol. The fourth-order valence-electron chi connectivity index (χ4n) is 1.56. The molecule has 3 N–H and O–H groups in total. The largest absolute Gasteiger partial charge is 0.384 e. The lowest BCUT2D eigenvalue weighted by Crippen LogP contribution is -2.05. The van der Waals surface area contributed by atoms with Crippen molar-refractivity contribution in [3.05, 3.63) is 23.7 Å². The molecule has 6 heteroatoms. The molecule has 0 fully saturated rings. The molecule has 0 saturated carbocycles. The Balaban J connectivity index is 2.28. The number of hydrogen-bond donors (Lipinski definition) is 2. The average molecular weight is 246 g/mol. The Morgan fingerprint density at radius 3 is 2.50 bits per heavy atom. The zero-order valence-electron chi connectivity index (χ0n) is 11.1. The van der Waals surface area contributed by atoms with Gasteiger partial charge < -0.3 is 11.1 Å². The minimum absolute atomic E-state index is 0.236. The van der Waals surface area contributed by atoms with Crippen LogP contribution < -0.4 is 11.1 Å². The van der Waals surface area contributed by atoms with Gasteiger partial charge in [-0.05, 0) is 6.92 Å². The molecule has 0 unspecified atom stereocenters. The maximum atomic E-state index is 5.77. The first kappa shape index (κ1) is 12.3. The van der Waals surface area contributed by atoms with Crippen molar-refractivity contribution >= 4 is 17.5 Å². The van der Waals surface area contributed by atoms with Gasteiger partial charge in [0.1, 0.15) is 17.5 Å². The molecule has 0 aliphatic heterocycles. The van der Waals surface area contributed by atoms with Crippen molar-refractivity contribution in [2.75, 3.05) is 11.1 Å². The van der Waals surface area contributed by atoms with E-state index >= 15 is 0 Å². The van der Waals surface area contributed by atoms with Crippen LogP contribution in [0.3, 0.4) is 0 Å². The monoisotopic (exact) mass is 246 g/mol. The van der Waals surface area contributed by atoms with E-state index in [1.165, 1.54) is 0 Å². The highest BCUT2D eigenvalue weighted by molar-refractivity contribution is 5.55. The Morgan fingerprint density at radius 1 is 1.22 bits per heavy atom. The Bertz CT molecular complexity index is 538. The molecule has 0 aliphatic carbocycles. The van der Waals surface area contributed by atoms with Gasteiger partial charge in [0.15, 0.2) is 5.82 Å². The van der Waals surface area contributed by atoms with Crippen LogP contribution in [0.2, 0.25) is 0 Å². The van der Waals surface area contributed by atoms with Crippen LogP contribution in [0.1, 0.15) is 31.3 Å². The number of nitrogens with two attached hydrogens (primary N) is 1. The highest BCUT2D eigenvalue weighted by atomic mass is 15.3. The summed E-state index contributed by atoms with van der Waals surface area (Å²) in [5, 5.41) is 7.45. The van der Waals surface area contributed by atoms with E-state index in [0.717, 1.165) is 17.3 Å². The van der Waals surface area contributed by atoms with Gasteiger partial charge in [-0.15, -0.1) is 0 Å². The van der Waals surface area contributed by atoms with Crippen LogP contribution >= 0.6 is 0 Å². The first-order valence-electron chi connectivity index (χ1n) is 5.88. The third-order valence-electron chi connectivity index (χ3n) is 2.65. The molecule has 0 atom stereocenters. The highest BCUT2D eigenvalue weighted by Crippen LogP contribution is 2.18. The normalized spacial score (nSPS) is 10.9. The van der Waals surface area contributed by atoms with Crippen LogP contribution in [-0.4, -0.2) is 19.7 Å². The van der Waals surface area contributed by atoms with Crippen molar-refractivity contribution in [3.63, 3.8) is 0 Å². The molecule has 18 heavy (non-hydrogen) atoms. The Hall–Kier alpha value is -2.11. The van der Waals surface area contributed by atoms with E-state index in [1.54, 1.807) is 10.7 Å². The number of nitrogens with zero attached hydrogens (tertiary/aromatic N) is 4. The third kappa shape index (κ3) is 2.58. The molecule has 0 saturated heterocycles. The molecule has 0 radical (unpaired) electrons. The van der Waals surface area contributed by atoms with E-state index in [4.69, 9.17) is 5.73 Å². The van der Waals surface area contributed by atoms with Crippen LogP contribution in [0.4, 0.5) is 17.5 Å². The minimum Gasteiger partial charge on any atom is -0.384 e. The Kier molecular flexibility index (Phi) is 3.18. The molecule has 0 spiro atoms. The van der Waals surface area contributed by atoms with Gasteiger partial charge in [0, 0.05) is 30.8 Å².